The van der Waals surface area contributed by atoms with E-state index >= 15 is 0 Å². The maximum absolute atomic E-state index is 5.93. The van der Waals surface area contributed by atoms with Crippen molar-refractivity contribution in [2.24, 2.45) is 0 Å². The Morgan fingerprint density at radius 3 is 1.83 bits per heavy atom. The normalized spacial score (nSPS) is 16.7. The average molecular weight is 742 g/mol. The highest BCUT2D eigenvalue weighted by Gasteiger charge is 2.43. The van der Waals surface area contributed by atoms with Crippen LogP contribution in [0.3, 0.4) is 0 Å². The van der Waals surface area contributed by atoms with Crippen molar-refractivity contribution in [2.75, 3.05) is 6.54 Å². The van der Waals surface area contributed by atoms with Gasteiger partial charge in [-0.1, -0.05) is 91.0 Å². The van der Waals surface area contributed by atoms with E-state index in [1.807, 2.05) is 24.3 Å². The lowest BCUT2D eigenvalue weighted by molar-refractivity contribution is -0.571. The maximum Gasteiger partial charge on any atom is 0.218 e. The second-order valence-corrected chi connectivity index (χ2v) is 13.9. The number of benzene rings is 3. The smallest absolute Gasteiger partial charge is 0.218 e. The topological polar surface area (TPSA) is 98.4 Å². The molecule has 13 heteroatoms. The molecule has 0 aliphatic carbocycles. The van der Waals surface area contributed by atoms with E-state index in [1.54, 1.807) is 0 Å². The van der Waals surface area contributed by atoms with Gasteiger partial charge in [-0.05, 0) is 78.7 Å². The Kier molecular flexibility index (Phi) is 9.70. The second-order valence-electron chi connectivity index (χ2n) is 12.7. The third kappa shape index (κ3) is 6.77. The van der Waals surface area contributed by atoms with Crippen LogP contribution in [-0.2, 0) is 32.4 Å². The molecule has 3 aromatic carbocycles. The van der Waals surface area contributed by atoms with Gasteiger partial charge < -0.3 is 9.47 Å². The molecule has 260 valence electrons. The van der Waals surface area contributed by atoms with Crippen molar-refractivity contribution in [3.8, 4) is 0 Å². The number of hydrogen-bond acceptors (Lipinski definition) is 6. The summed E-state index contributed by atoms with van der Waals surface area (Å²) in [5.41, 5.74) is 13.3. The number of rotatable bonds is 11. The molecule has 8 rings (SSSR count). The first kappa shape index (κ1) is 33.6. The lowest BCUT2D eigenvalue weighted by Gasteiger charge is -2.28. The molecule has 2 aliphatic heterocycles. The summed E-state index contributed by atoms with van der Waals surface area (Å²) in [6, 6.07) is 37.5. The van der Waals surface area contributed by atoms with Crippen LogP contribution in [0.5, 0.6) is 0 Å². The number of aryl methyl sites for hydroxylation is 2. The molecule has 52 heavy (non-hydrogen) atoms. The van der Waals surface area contributed by atoms with E-state index in [9.17, 15) is 0 Å². The highest BCUT2D eigenvalue weighted by Crippen LogP contribution is 2.45. The third-order valence-electron chi connectivity index (χ3n) is 9.57. The van der Waals surface area contributed by atoms with Gasteiger partial charge in [-0.25, -0.2) is 0 Å². The van der Waals surface area contributed by atoms with Crippen LogP contribution in [0.2, 0.25) is 0 Å². The molecule has 0 spiro atoms. The van der Waals surface area contributed by atoms with Gasteiger partial charge in [-0.3, -0.25) is 25.6 Å². The van der Waals surface area contributed by atoms with Crippen molar-refractivity contribution in [2.45, 2.75) is 38.3 Å². The predicted octanol–water partition coefficient (Wildman–Crippen LogP) is 6.37. The molecule has 1 fully saturated rings. The molecule has 0 saturated carbocycles. The summed E-state index contributed by atoms with van der Waals surface area (Å²) in [7, 11) is 0. The second kappa shape index (κ2) is 15.0. The molecule has 3 aromatic heterocycles. The van der Waals surface area contributed by atoms with Gasteiger partial charge in [0, 0.05) is 31.8 Å². The Bertz CT molecular complexity index is 2390. The van der Waals surface area contributed by atoms with Gasteiger partial charge in [-0.2, -0.15) is 14.8 Å². The van der Waals surface area contributed by atoms with Crippen LogP contribution < -0.4 is 15.4 Å². The summed E-state index contributed by atoms with van der Waals surface area (Å²) in [4.78, 5) is 2.15. The molecule has 1 atom stereocenters. The number of thiocarbonyl (C=S) groups is 1. The molecule has 5 heterocycles. The van der Waals surface area contributed by atoms with Crippen LogP contribution in [-0.4, -0.2) is 46.1 Å². The molecule has 0 amide bonds. The average Bonchev–Trinajstić information content (AvgIpc) is 3.87. The molecule has 1 unspecified atom stereocenters. The monoisotopic (exact) mass is 741 g/mol. The van der Waals surface area contributed by atoms with Crippen LogP contribution in [0.25, 0.3) is 17.3 Å². The third-order valence-corrected chi connectivity index (χ3v) is 10.5. The van der Waals surface area contributed by atoms with E-state index in [2.05, 4.69) is 137 Å². The highest BCUT2D eigenvalue weighted by molar-refractivity contribution is 7.80. The van der Waals surface area contributed by atoms with E-state index < -0.39 is 5.92 Å². The number of pyridine rings is 1. The number of allylic oxidation sites excluding steroid dienone is 2. The van der Waals surface area contributed by atoms with Crippen LogP contribution in [0, 0.1) is 9.54 Å². The molecule has 2 aliphatic rings. The Morgan fingerprint density at radius 2 is 1.17 bits per heavy atom. The summed E-state index contributed by atoms with van der Waals surface area (Å²) >= 11 is 17.7. The molecule has 1 saturated heterocycles. The van der Waals surface area contributed by atoms with Gasteiger partial charge in [0.05, 0.1) is 17.1 Å². The molecular formula is C39H37N10S3+. The van der Waals surface area contributed by atoms with Gasteiger partial charge in [0.25, 0.3) is 0 Å². The van der Waals surface area contributed by atoms with Crippen LogP contribution in [0.15, 0.2) is 121 Å². The van der Waals surface area contributed by atoms with E-state index in [0.717, 1.165) is 53.6 Å². The standard InChI is InChI=1S/C39H36N10S3/c50-37-43-40-34(47(37)23-19-27-12-4-1-5-13-27)30-26-46-22-11-10-18-31(46)33(36-42-45-39(52)49(36)25-21-29-16-8-3-9-17-29)32(30)35-41-44-38(51)48(35)24-20-28-14-6-2-7-15-28/h1-18,22,26,32H,19-21,23-25H2,(H3,43,44,45,50,51,52)/p+1. The number of aromatic amines is 2. The Morgan fingerprint density at radius 1 is 0.615 bits per heavy atom. The largest absolute Gasteiger partial charge is 0.303 e. The summed E-state index contributed by atoms with van der Waals surface area (Å²) in [5, 5.41) is 16.7. The zero-order valence-corrected chi connectivity index (χ0v) is 30.7. The molecule has 4 N–H and O–H groups in total. The van der Waals surface area contributed by atoms with Gasteiger partial charge in [0.2, 0.25) is 5.69 Å². The first-order valence-corrected chi connectivity index (χ1v) is 18.5. The Hall–Kier alpha value is -5.50. The van der Waals surface area contributed by atoms with Gasteiger partial charge in [0.1, 0.15) is 11.6 Å². The predicted molar refractivity (Wildman–Crippen MR) is 211 cm³/mol. The molecule has 0 radical (unpaired) electrons. The SMILES string of the molecule is S=C1NN/C(=C2/c3cccc[n+]3C=C(c3n[nH]c(=S)n3CCc3ccccc3)C2c2n[nH]c(=S)n2CCc2ccccc2)N1CCc1ccccc1. The summed E-state index contributed by atoms with van der Waals surface area (Å²) in [6.45, 7) is 1.94. The number of hydrazine groups is 1. The van der Waals surface area contributed by atoms with Crippen LogP contribution in [0.1, 0.15) is 40.0 Å². The van der Waals surface area contributed by atoms with E-state index in [4.69, 9.17) is 46.9 Å². The first-order chi connectivity index (χ1) is 25.5. The lowest BCUT2D eigenvalue weighted by Crippen LogP contribution is -2.39. The number of aromatic nitrogens is 7. The fourth-order valence-electron chi connectivity index (χ4n) is 6.98. The highest BCUT2D eigenvalue weighted by atomic mass is 32.1. The summed E-state index contributed by atoms with van der Waals surface area (Å²) in [6.07, 6.45) is 6.58. The van der Waals surface area contributed by atoms with Crippen molar-refractivity contribution in [1.29, 1.82) is 0 Å². The Labute approximate surface area is 317 Å². The van der Waals surface area contributed by atoms with Gasteiger partial charge >= 0.3 is 0 Å². The van der Waals surface area contributed by atoms with Crippen molar-refractivity contribution >= 4 is 59.1 Å². The number of nitrogens with zero attached hydrogens (tertiary/aromatic N) is 6. The van der Waals surface area contributed by atoms with Gasteiger partial charge in [0.15, 0.2) is 32.9 Å². The van der Waals surface area contributed by atoms with Crippen LogP contribution in [0.4, 0.5) is 0 Å². The first-order valence-electron chi connectivity index (χ1n) is 17.3. The van der Waals surface area contributed by atoms with Gasteiger partial charge in [-0.15, -0.1) is 0 Å². The fourth-order valence-corrected chi connectivity index (χ4v) is 7.67. The number of fused-ring (bicyclic) bond motifs is 1. The number of H-pyrrole nitrogens is 2. The Balaban J connectivity index is 1.30. The minimum absolute atomic E-state index is 0.420. The zero-order chi connectivity index (χ0) is 35.4. The molecular weight excluding hydrogens is 705 g/mol. The molecule has 10 nitrogen and oxygen atoms in total. The van der Waals surface area contributed by atoms with E-state index in [0.29, 0.717) is 34.3 Å². The van der Waals surface area contributed by atoms with E-state index in [1.165, 1.54) is 16.7 Å². The number of nitrogens with one attached hydrogen (secondary N) is 4. The zero-order valence-electron chi connectivity index (χ0n) is 28.3. The molecule has 0 bridgehead atoms. The van der Waals surface area contributed by atoms with Crippen molar-refractivity contribution in [3.05, 3.63) is 165 Å². The minimum atomic E-state index is -0.420. The van der Waals surface area contributed by atoms with E-state index in [-0.39, 0.29) is 0 Å². The van der Waals surface area contributed by atoms with Crippen LogP contribution >= 0.6 is 36.7 Å². The quantitative estimate of drug-likeness (QED) is 0.0900. The van der Waals surface area contributed by atoms with Crippen molar-refractivity contribution in [1.82, 2.24) is 45.3 Å². The lowest BCUT2D eigenvalue weighted by atomic mass is 9.84. The van der Waals surface area contributed by atoms with Crippen molar-refractivity contribution in [3.63, 3.8) is 0 Å². The molecule has 6 aromatic rings. The maximum atomic E-state index is 5.93. The summed E-state index contributed by atoms with van der Waals surface area (Å²) < 4.78 is 7.45. The summed E-state index contributed by atoms with van der Waals surface area (Å²) in [5.74, 6) is 1.94. The van der Waals surface area contributed by atoms with Crippen molar-refractivity contribution < 1.29 is 4.57 Å². The fraction of sp³-hybridized carbons (Fsp3) is 0.179. The number of hydrogen-bond donors (Lipinski definition) is 4. The minimum Gasteiger partial charge on any atom is -0.303 e.